The average Bonchev–Trinajstić information content (AvgIpc) is 2.64. The number of nitrogens with one attached hydrogen (secondary N) is 1. The Kier molecular flexibility index (Phi) is 8.51. The number of amides is 1. The summed E-state index contributed by atoms with van der Waals surface area (Å²) in [5.41, 5.74) is 3.56. The van der Waals surface area contributed by atoms with Gasteiger partial charge in [0, 0.05) is 6.54 Å². The first-order valence-electron chi connectivity index (χ1n) is 10.6. The second-order valence-electron chi connectivity index (χ2n) is 8.29. The molecule has 0 heterocycles. The van der Waals surface area contributed by atoms with Gasteiger partial charge in [-0.05, 0) is 88.4 Å². The maximum atomic E-state index is 12.7. The molecule has 0 aliphatic rings. The van der Waals surface area contributed by atoms with Crippen LogP contribution in [0.4, 0.5) is 5.69 Å². The van der Waals surface area contributed by atoms with Gasteiger partial charge in [-0.15, -0.1) is 0 Å². The van der Waals surface area contributed by atoms with E-state index in [-0.39, 0.29) is 12.0 Å². The zero-order chi connectivity index (χ0) is 23.2. The van der Waals surface area contributed by atoms with Crippen LogP contribution in [0, 0.1) is 13.8 Å². The summed E-state index contributed by atoms with van der Waals surface area (Å²) in [6, 6.07) is 12.6. The number of nitrogens with zero attached hydrogens (tertiary/aromatic N) is 1. The summed E-state index contributed by atoms with van der Waals surface area (Å²) in [6.45, 7) is 9.87. The maximum absolute atomic E-state index is 12.7. The van der Waals surface area contributed by atoms with Crippen LogP contribution < -0.4 is 14.4 Å². The molecule has 0 saturated heterocycles. The number of sulfonamides is 1. The first-order chi connectivity index (χ1) is 14.5. The number of rotatable bonds is 10. The number of aryl methyl sites for hydroxylation is 3. The molecular formula is C24H34N2O4S. The van der Waals surface area contributed by atoms with E-state index in [0.29, 0.717) is 12.2 Å². The smallest absolute Gasteiger partial charge is 0.243 e. The first kappa shape index (κ1) is 24.7. The number of benzene rings is 2. The van der Waals surface area contributed by atoms with Gasteiger partial charge in [-0.3, -0.25) is 9.10 Å². The lowest BCUT2D eigenvalue weighted by Gasteiger charge is -2.28. The van der Waals surface area contributed by atoms with Crippen molar-refractivity contribution < 1.29 is 17.9 Å². The molecule has 0 aliphatic heterocycles. The number of carbonyl (C=O) groups is 1. The van der Waals surface area contributed by atoms with Gasteiger partial charge in [0.15, 0.2) is 0 Å². The van der Waals surface area contributed by atoms with E-state index < -0.39 is 16.1 Å². The number of anilines is 1. The molecule has 7 heteroatoms. The molecule has 1 N–H and O–H groups in total. The highest BCUT2D eigenvalue weighted by atomic mass is 32.2. The molecule has 2 rings (SSSR count). The van der Waals surface area contributed by atoms with Gasteiger partial charge in [-0.25, -0.2) is 8.42 Å². The van der Waals surface area contributed by atoms with E-state index >= 15 is 0 Å². The summed E-state index contributed by atoms with van der Waals surface area (Å²) in [6.07, 6.45) is 2.83. The highest BCUT2D eigenvalue weighted by molar-refractivity contribution is 7.92. The fourth-order valence-electron chi connectivity index (χ4n) is 3.55. The van der Waals surface area contributed by atoms with Crippen molar-refractivity contribution in [2.75, 3.05) is 17.1 Å². The molecule has 1 amide bonds. The topological polar surface area (TPSA) is 75.7 Å². The Labute approximate surface area is 186 Å². The summed E-state index contributed by atoms with van der Waals surface area (Å²) in [4.78, 5) is 12.7. The van der Waals surface area contributed by atoms with Crippen LogP contribution in [0.1, 0.15) is 43.9 Å². The van der Waals surface area contributed by atoms with Crippen molar-refractivity contribution in [2.24, 2.45) is 0 Å². The van der Waals surface area contributed by atoms with Crippen LogP contribution in [-0.4, -0.2) is 39.3 Å². The largest absolute Gasteiger partial charge is 0.491 e. The van der Waals surface area contributed by atoms with E-state index in [1.54, 1.807) is 19.1 Å². The molecule has 6 nitrogen and oxygen atoms in total. The van der Waals surface area contributed by atoms with E-state index in [1.807, 2.05) is 58.0 Å². The van der Waals surface area contributed by atoms with Crippen molar-refractivity contribution in [1.29, 1.82) is 0 Å². The summed E-state index contributed by atoms with van der Waals surface area (Å²) in [5, 5.41) is 2.87. The van der Waals surface area contributed by atoms with Crippen LogP contribution in [0.2, 0.25) is 0 Å². The van der Waals surface area contributed by atoms with E-state index in [4.69, 9.17) is 4.74 Å². The summed E-state index contributed by atoms with van der Waals surface area (Å²) in [7, 11) is -3.62. The minimum absolute atomic E-state index is 0.137. The zero-order valence-corrected chi connectivity index (χ0v) is 20.1. The molecule has 0 saturated carbocycles. The van der Waals surface area contributed by atoms with Crippen LogP contribution in [0.3, 0.4) is 0 Å². The molecular weight excluding hydrogens is 412 g/mol. The Hall–Kier alpha value is -2.54. The van der Waals surface area contributed by atoms with Gasteiger partial charge >= 0.3 is 0 Å². The molecule has 2 aromatic rings. The average molecular weight is 447 g/mol. The summed E-state index contributed by atoms with van der Waals surface area (Å²) in [5.74, 6) is 0.526. The van der Waals surface area contributed by atoms with Crippen molar-refractivity contribution in [3.63, 3.8) is 0 Å². The molecule has 170 valence electrons. The van der Waals surface area contributed by atoms with E-state index in [1.165, 1.54) is 4.31 Å². The predicted molar refractivity (Wildman–Crippen MR) is 126 cm³/mol. The third kappa shape index (κ3) is 7.58. The minimum atomic E-state index is -3.62. The molecule has 2 aromatic carbocycles. The lowest BCUT2D eigenvalue weighted by molar-refractivity contribution is -0.121. The second-order valence-corrected chi connectivity index (χ2v) is 10.1. The van der Waals surface area contributed by atoms with Crippen LogP contribution in [0.15, 0.2) is 42.5 Å². The maximum Gasteiger partial charge on any atom is 0.243 e. The Balaban J connectivity index is 1.95. The summed E-state index contributed by atoms with van der Waals surface area (Å²) >= 11 is 0. The number of hydrogen-bond donors (Lipinski definition) is 1. The van der Waals surface area contributed by atoms with Gasteiger partial charge in [0.2, 0.25) is 15.9 Å². The third-order valence-electron chi connectivity index (χ3n) is 4.79. The van der Waals surface area contributed by atoms with E-state index in [9.17, 15) is 13.2 Å². The number of ether oxygens (including phenoxy) is 1. The van der Waals surface area contributed by atoms with Gasteiger partial charge in [0.25, 0.3) is 0 Å². The van der Waals surface area contributed by atoms with Crippen molar-refractivity contribution in [2.45, 2.75) is 59.6 Å². The fraction of sp³-hybridized carbons (Fsp3) is 0.458. The highest BCUT2D eigenvalue weighted by Gasteiger charge is 2.29. The van der Waals surface area contributed by atoms with Crippen molar-refractivity contribution in [3.05, 3.63) is 59.2 Å². The minimum Gasteiger partial charge on any atom is -0.491 e. The van der Waals surface area contributed by atoms with Gasteiger partial charge in [-0.1, -0.05) is 18.2 Å². The lowest BCUT2D eigenvalue weighted by Crippen LogP contribution is -2.48. The van der Waals surface area contributed by atoms with Crippen molar-refractivity contribution >= 4 is 21.6 Å². The van der Waals surface area contributed by atoms with Gasteiger partial charge in [0.1, 0.15) is 11.8 Å². The standard InChI is InChI=1S/C24H34N2O4S/c1-17(2)30-23-11-9-21(10-12-23)8-7-13-25-24(27)20(5)26(31(6,28)29)22-15-18(3)14-19(4)16-22/h9-12,14-17,20H,7-8,13H2,1-6H3,(H,25,27)/t20-/m1/s1. The Bertz CT molecular complexity index is 965. The zero-order valence-electron chi connectivity index (χ0n) is 19.3. The normalized spacial score (nSPS) is 12.5. The molecule has 0 radical (unpaired) electrons. The molecule has 31 heavy (non-hydrogen) atoms. The van der Waals surface area contributed by atoms with E-state index in [0.717, 1.165) is 41.5 Å². The number of carbonyl (C=O) groups excluding carboxylic acids is 1. The monoisotopic (exact) mass is 446 g/mol. The van der Waals surface area contributed by atoms with Crippen molar-refractivity contribution in [1.82, 2.24) is 5.32 Å². The molecule has 0 spiro atoms. The van der Waals surface area contributed by atoms with E-state index in [2.05, 4.69) is 5.32 Å². The van der Waals surface area contributed by atoms with Crippen LogP contribution in [0.5, 0.6) is 5.75 Å². The Morgan fingerprint density at radius 3 is 2.13 bits per heavy atom. The van der Waals surface area contributed by atoms with Crippen molar-refractivity contribution in [3.8, 4) is 5.75 Å². The van der Waals surface area contributed by atoms with Crippen LogP contribution in [-0.2, 0) is 21.2 Å². The molecule has 0 unspecified atom stereocenters. The predicted octanol–water partition coefficient (Wildman–Crippen LogP) is 3.99. The molecule has 1 atom stereocenters. The van der Waals surface area contributed by atoms with Gasteiger partial charge in [-0.2, -0.15) is 0 Å². The van der Waals surface area contributed by atoms with Gasteiger partial charge in [0.05, 0.1) is 18.0 Å². The first-order valence-corrected chi connectivity index (χ1v) is 12.4. The Morgan fingerprint density at radius 2 is 1.61 bits per heavy atom. The van der Waals surface area contributed by atoms with Crippen LogP contribution >= 0.6 is 0 Å². The second kappa shape index (κ2) is 10.7. The molecule has 0 aliphatic carbocycles. The van der Waals surface area contributed by atoms with Gasteiger partial charge < -0.3 is 10.1 Å². The SMILES string of the molecule is Cc1cc(C)cc(N([C@H](C)C(=O)NCCCc2ccc(OC(C)C)cc2)S(C)(=O)=O)c1. The fourth-order valence-corrected chi connectivity index (χ4v) is 4.70. The quantitative estimate of drug-likeness (QED) is 0.560. The molecule has 0 fully saturated rings. The third-order valence-corrected chi connectivity index (χ3v) is 6.03. The molecule has 0 bridgehead atoms. The Morgan fingerprint density at radius 1 is 1.03 bits per heavy atom. The number of hydrogen-bond acceptors (Lipinski definition) is 4. The highest BCUT2D eigenvalue weighted by Crippen LogP contribution is 2.24. The molecule has 0 aromatic heterocycles. The summed E-state index contributed by atoms with van der Waals surface area (Å²) < 4.78 is 31.7. The lowest BCUT2D eigenvalue weighted by atomic mass is 10.1. The van der Waals surface area contributed by atoms with Crippen LogP contribution in [0.25, 0.3) is 0 Å².